The molecule has 0 bridgehead atoms. The molecule has 0 amide bonds. The van der Waals surface area contributed by atoms with Gasteiger partial charge in [0.15, 0.2) is 0 Å². The van der Waals surface area contributed by atoms with E-state index in [1.165, 1.54) is 0 Å². The molecule has 1 heterocycles. The van der Waals surface area contributed by atoms with E-state index in [0.29, 0.717) is 0 Å². The molecule has 1 fully saturated rings. The van der Waals surface area contributed by atoms with E-state index in [0.717, 1.165) is 6.92 Å². The standard InChI is InChI=1S/C2H2O4.C2H4O2.Na.Pb/c3-1(4)2(5)6;1-2(3)4;;/h(H,3,4)(H,5,6);1H3,(H,3,4);;/q;;+1;+2/p-3. The molecule has 8 heteroatoms. The van der Waals surface area contributed by atoms with Crippen molar-refractivity contribution in [3.8, 4) is 0 Å². The van der Waals surface area contributed by atoms with Gasteiger partial charge in [-0.2, -0.15) is 0 Å². The third-order valence-corrected chi connectivity index (χ3v) is 2.52. The summed E-state index contributed by atoms with van der Waals surface area (Å²) in [7, 11) is 0. The predicted molar refractivity (Wildman–Crippen MR) is 28.6 cm³/mol. The fraction of sp³-hybridized carbons (Fsp3) is 0.250. The van der Waals surface area contributed by atoms with E-state index in [1.54, 1.807) is 0 Å². The maximum Gasteiger partial charge on any atom is 1.00 e. The van der Waals surface area contributed by atoms with Crippen molar-refractivity contribution in [1.29, 1.82) is 0 Å². The Bertz CT molecular complexity index is 174. The van der Waals surface area contributed by atoms with E-state index in [2.05, 4.69) is 5.37 Å². The van der Waals surface area contributed by atoms with E-state index in [1.807, 2.05) is 0 Å². The van der Waals surface area contributed by atoms with Crippen molar-refractivity contribution in [2.24, 2.45) is 0 Å². The van der Waals surface area contributed by atoms with Crippen LogP contribution < -0.4 is 34.7 Å². The monoisotopic (exact) mass is 378 g/mol. The van der Waals surface area contributed by atoms with Crippen LogP contribution in [0.25, 0.3) is 0 Å². The molecule has 0 unspecified atom stereocenters. The predicted octanol–water partition coefficient (Wildman–Crippen LogP) is -5.62. The van der Waals surface area contributed by atoms with Crippen LogP contribution in [-0.2, 0) is 19.8 Å². The molecule has 0 atom stereocenters. The topological polar surface area (TPSA) is 92.7 Å². The summed E-state index contributed by atoms with van der Waals surface area (Å²) in [6, 6.07) is 0. The minimum atomic E-state index is -1.66. The maximum absolute atomic E-state index is 9.93. The van der Waals surface area contributed by atoms with E-state index in [9.17, 15) is 9.59 Å². The largest absolute Gasteiger partial charge is 1.00 e. The van der Waals surface area contributed by atoms with Crippen molar-refractivity contribution < 1.29 is 54.4 Å². The first-order chi connectivity index (χ1) is 5.04. The molecule has 2 radical (unpaired) electrons. The van der Waals surface area contributed by atoms with Crippen LogP contribution >= 0.6 is 0 Å². The van der Waals surface area contributed by atoms with Crippen molar-refractivity contribution in [3.63, 3.8) is 0 Å². The molecule has 60 valence electrons. The van der Waals surface area contributed by atoms with Crippen LogP contribution in [0.3, 0.4) is 0 Å². The Morgan fingerprint density at radius 1 is 1.33 bits per heavy atom. The third-order valence-electron chi connectivity index (χ3n) is 0.435. The van der Waals surface area contributed by atoms with Gasteiger partial charge in [-0.05, 0) is 6.92 Å². The zero-order chi connectivity index (χ0) is 8.85. The number of hydrogen-bond donors (Lipinski definition) is 0. The zero-order valence-electron chi connectivity index (χ0n) is 6.45. The van der Waals surface area contributed by atoms with Gasteiger partial charge >= 0.3 is 81.6 Å². The fourth-order valence-electron chi connectivity index (χ4n) is 0.180. The Kier molecular flexibility index (Phi) is 9.83. The first-order valence-corrected chi connectivity index (χ1v) is 5.56. The van der Waals surface area contributed by atoms with E-state index >= 15 is 0 Å². The summed E-state index contributed by atoms with van der Waals surface area (Å²) in [5.74, 6) is -2.72. The van der Waals surface area contributed by atoms with Crippen molar-refractivity contribution in [2.45, 2.75) is 6.92 Å². The van der Waals surface area contributed by atoms with Crippen LogP contribution in [0.5, 0.6) is 0 Å². The summed E-state index contributed by atoms with van der Waals surface area (Å²) in [6.07, 6.45) is 0. The molecular weight excluding hydrogens is 374 g/mol. The molecule has 1 saturated heterocycles. The second kappa shape index (κ2) is 7.95. The molecule has 12 heavy (non-hydrogen) atoms. The molecule has 0 aromatic heterocycles. The Hall–Kier alpha value is 0.332. The van der Waals surface area contributed by atoms with Crippen molar-refractivity contribution in [1.82, 2.24) is 0 Å². The fourth-order valence-corrected chi connectivity index (χ4v) is 1.58. The minimum absolute atomic E-state index is 0. The molecule has 1 rings (SSSR count). The van der Waals surface area contributed by atoms with Gasteiger partial charge in [-0.3, -0.25) is 0 Å². The van der Waals surface area contributed by atoms with Gasteiger partial charge in [0.05, 0.1) is 0 Å². The van der Waals surface area contributed by atoms with Gasteiger partial charge in [0.1, 0.15) is 0 Å². The van der Waals surface area contributed by atoms with Crippen LogP contribution in [-0.4, -0.2) is 43.0 Å². The quantitative estimate of drug-likeness (QED) is 0.309. The Morgan fingerprint density at radius 2 is 1.58 bits per heavy atom. The zero-order valence-corrected chi connectivity index (χ0v) is 12.3. The summed E-state index contributed by atoms with van der Waals surface area (Å²) in [4.78, 5) is 28.7. The number of hydrogen-bond acceptors (Lipinski definition) is 6. The number of rotatable bonds is 0. The minimum Gasteiger partial charge on any atom is 1.00 e. The van der Waals surface area contributed by atoms with Crippen molar-refractivity contribution in [2.75, 3.05) is 0 Å². The Morgan fingerprint density at radius 3 is 1.67 bits per heavy atom. The summed E-state index contributed by atoms with van der Waals surface area (Å²) >= 11 is -1.66. The molecule has 6 nitrogen and oxygen atoms in total. The van der Waals surface area contributed by atoms with Gasteiger partial charge in [-0.15, -0.1) is 0 Å². The number of carbonyl (C=O) groups excluding carboxylic acids is 3. The van der Waals surface area contributed by atoms with Crippen molar-refractivity contribution >= 4 is 43.0 Å². The van der Waals surface area contributed by atoms with E-state index in [-0.39, 0.29) is 29.6 Å². The number of carboxylic acid groups (broad SMARTS) is 1. The van der Waals surface area contributed by atoms with E-state index < -0.39 is 43.0 Å². The summed E-state index contributed by atoms with van der Waals surface area (Å²) in [6.45, 7) is 0.972. The molecule has 0 saturated carbocycles. The summed E-state index contributed by atoms with van der Waals surface area (Å²) in [5, 5.41) is 8.89. The summed E-state index contributed by atoms with van der Waals surface area (Å²) in [5.41, 5.74) is 0. The average molecular weight is 377 g/mol. The first-order valence-electron chi connectivity index (χ1n) is 2.38. The second-order valence-electron chi connectivity index (χ2n) is 1.35. The second-order valence-corrected chi connectivity index (χ2v) is 3.59. The summed E-state index contributed by atoms with van der Waals surface area (Å²) < 4.78 is 8.50. The molecule has 0 N–H and O–H groups in total. The molecule has 0 aliphatic carbocycles. The third kappa shape index (κ3) is 8.43. The number of carboxylic acids is 1. The maximum atomic E-state index is 9.93. The molecule has 0 aromatic carbocycles. The van der Waals surface area contributed by atoms with Crippen LogP contribution in [0.2, 0.25) is 0 Å². The number of carbonyl (C=O) groups is 3. The molecule has 1 aliphatic heterocycles. The van der Waals surface area contributed by atoms with Gasteiger partial charge in [-0.25, -0.2) is 0 Å². The molecule has 0 spiro atoms. The van der Waals surface area contributed by atoms with Gasteiger partial charge in [0.2, 0.25) is 0 Å². The van der Waals surface area contributed by atoms with Crippen LogP contribution in [0.15, 0.2) is 0 Å². The van der Waals surface area contributed by atoms with Gasteiger partial charge in [0.25, 0.3) is 0 Å². The molecule has 0 aromatic rings. The number of aliphatic carboxylic acids is 1. The first kappa shape index (κ1) is 14.8. The Balaban J connectivity index is 0. The Labute approximate surface area is 103 Å². The van der Waals surface area contributed by atoms with E-state index in [4.69, 9.17) is 9.90 Å². The smallest absolute Gasteiger partial charge is 1.00 e. The van der Waals surface area contributed by atoms with Crippen LogP contribution in [0, 0.1) is 0 Å². The van der Waals surface area contributed by atoms with Gasteiger partial charge in [0, 0.05) is 5.97 Å². The molecule has 1 aliphatic rings. The molecular formula is C4H3NaO6Pb. The van der Waals surface area contributed by atoms with Gasteiger partial charge in [-0.1, -0.05) is 0 Å². The SMILES string of the molecule is CC(=O)[O-].O=C1[O][Pb][O]C1=O.[Na+]. The normalized spacial score (nSPS) is 13.1. The van der Waals surface area contributed by atoms with Crippen LogP contribution in [0.4, 0.5) is 0 Å². The van der Waals surface area contributed by atoms with Crippen molar-refractivity contribution in [3.05, 3.63) is 0 Å². The van der Waals surface area contributed by atoms with Crippen LogP contribution in [0.1, 0.15) is 6.92 Å². The van der Waals surface area contributed by atoms with Gasteiger partial charge < -0.3 is 9.90 Å². The average Bonchev–Trinajstić information content (AvgIpc) is 2.15.